The number of nitrogens with one attached hydrogen (secondary N) is 4. The highest BCUT2D eigenvalue weighted by Crippen LogP contribution is 2.30. The number of aromatic nitrogens is 3. The Morgan fingerprint density at radius 3 is 2.52 bits per heavy atom. The molecule has 218 valence electrons. The van der Waals surface area contributed by atoms with Crippen molar-refractivity contribution in [3.05, 3.63) is 24.2 Å². The first-order chi connectivity index (χ1) is 19.6. The van der Waals surface area contributed by atoms with Gasteiger partial charge in [-0.05, 0) is 51.0 Å². The molecule has 4 heterocycles. The van der Waals surface area contributed by atoms with Crippen LogP contribution < -0.4 is 21.7 Å². The highest BCUT2D eigenvalue weighted by Gasteiger charge is 2.28. The molecule has 2 aromatic rings. The van der Waals surface area contributed by atoms with Gasteiger partial charge in [0.1, 0.15) is 5.52 Å². The van der Waals surface area contributed by atoms with E-state index in [0.29, 0.717) is 49.2 Å². The van der Waals surface area contributed by atoms with E-state index in [4.69, 9.17) is 30.6 Å². The third-order valence-corrected chi connectivity index (χ3v) is 8.14. The van der Waals surface area contributed by atoms with Crippen LogP contribution >= 0.6 is 0 Å². The molecule has 3 fully saturated rings. The molecule has 0 spiro atoms. The fraction of sp³-hybridized carbons (Fsp3) is 0.643. The number of aryl methyl sites for hydroxylation is 1. The molecule has 1 aliphatic carbocycles. The average Bonchev–Trinajstić information content (AvgIpc) is 3.39. The van der Waals surface area contributed by atoms with Gasteiger partial charge in [-0.1, -0.05) is 0 Å². The van der Waals surface area contributed by atoms with Gasteiger partial charge in [0.15, 0.2) is 5.82 Å². The number of nitrogens with two attached hydrogens (primary N) is 1. The van der Waals surface area contributed by atoms with Crippen LogP contribution in [0.2, 0.25) is 0 Å². The molecular formula is C28H43N9O3. The van der Waals surface area contributed by atoms with E-state index in [2.05, 4.69) is 25.4 Å². The van der Waals surface area contributed by atoms with Crippen molar-refractivity contribution in [1.29, 1.82) is 5.41 Å². The number of primary amides is 1. The Balaban J connectivity index is 1.32. The van der Waals surface area contributed by atoms with Crippen LogP contribution in [0.25, 0.3) is 11.0 Å². The first-order valence-electron chi connectivity index (χ1n) is 14.6. The fourth-order valence-electron chi connectivity index (χ4n) is 5.91. The first-order valence-corrected chi connectivity index (χ1v) is 14.6. The number of hydrogen-bond donors (Lipinski definition) is 5. The molecule has 0 atom stereocenters. The van der Waals surface area contributed by atoms with Crippen LogP contribution in [0.1, 0.15) is 51.4 Å². The number of nitrogens with zero attached hydrogens (tertiary/aromatic N) is 4. The van der Waals surface area contributed by atoms with Crippen molar-refractivity contribution in [3.8, 4) is 0 Å². The van der Waals surface area contributed by atoms with Crippen molar-refractivity contribution >= 4 is 34.9 Å². The second kappa shape index (κ2) is 13.9. The van der Waals surface area contributed by atoms with E-state index >= 15 is 0 Å². The zero-order valence-corrected chi connectivity index (χ0v) is 23.2. The number of ether oxygens (including phenoxy) is 2. The Labute approximate surface area is 235 Å². The van der Waals surface area contributed by atoms with Gasteiger partial charge in [0.05, 0.1) is 24.4 Å². The molecule has 2 aromatic heterocycles. The lowest BCUT2D eigenvalue weighted by Crippen LogP contribution is -2.46. The summed E-state index contributed by atoms with van der Waals surface area (Å²) in [5.74, 6) is 0.915. The standard InChI is InChI=1S/C28H43N9O3/c29-18-22(19-31-20-8-14-39-15-9-20)33-28-34-24-7-11-37(10-1-2-25(30)38)26(24)27(35-28)32-21-3-5-23(6-4-21)36-12-16-40-17-13-36/h7,11,18-21,23,29,31H,1-6,8-10,12-17H2,(H2,30,38)(H2,32,33,34,35)/b22-19+,29-18?/t21-,23-. The van der Waals surface area contributed by atoms with Crippen LogP contribution in [0.4, 0.5) is 11.8 Å². The number of anilines is 2. The lowest BCUT2D eigenvalue weighted by atomic mass is 9.90. The Hall–Kier alpha value is -3.22. The molecule has 1 saturated carbocycles. The lowest BCUT2D eigenvalue weighted by molar-refractivity contribution is -0.118. The monoisotopic (exact) mass is 553 g/mol. The van der Waals surface area contributed by atoms with E-state index < -0.39 is 0 Å². The summed E-state index contributed by atoms with van der Waals surface area (Å²) in [7, 11) is 0. The number of fused-ring (bicyclic) bond motifs is 1. The van der Waals surface area contributed by atoms with E-state index in [1.807, 2.05) is 18.5 Å². The number of amides is 1. The van der Waals surface area contributed by atoms with E-state index in [-0.39, 0.29) is 5.91 Å². The summed E-state index contributed by atoms with van der Waals surface area (Å²) >= 11 is 0. The van der Waals surface area contributed by atoms with E-state index in [9.17, 15) is 4.79 Å². The summed E-state index contributed by atoms with van der Waals surface area (Å²) in [4.78, 5) is 23.6. The second-order valence-corrected chi connectivity index (χ2v) is 10.9. The van der Waals surface area contributed by atoms with E-state index in [0.717, 1.165) is 94.9 Å². The maximum Gasteiger partial charge on any atom is 0.229 e. The summed E-state index contributed by atoms with van der Waals surface area (Å²) in [5, 5.41) is 18.3. The smallest absolute Gasteiger partial charge is 0.229 e. The van der Waals surface area contributed by atoms with Crippen LogP contribution in [0.15, 0.2) is 24.2 Å². The number of allylic oxidation sites excluding steroid dienone is 1. The van der Waals surface area contributed by atoms with E-state index in [1.165, 1.54) is 6.21 Å². The normalized spacial score (nSPS) is 23.1. The fourth-order valence-corrected chi connectivity index (χ4v) is 5.91. The third kappa shape index (κ3) is 7.49. The van der Waals surface area contributed by atoms with Crippen LogP contribution in [0.3, 0.4) is 0 Å². The van der Waals surface area contributed by atoms with Gasteiger partial charge in [-0.2, -0.15) is 4.98 Å². The van der Waals surface area contributed by atoms with Crippen molar-refractivity contribution in [2.45, 2.75) is 76.0 Å². The van der Waals surface area contributed by atoms with Crippen molar-refractivity contribution < 1.29 is 14.3 Å². The van der Waals surface area contributed by atoms with Crippen molar-refractivity contribution in [1.82, 2.24) is 24.8 Å². The van der Waals surface area contributed by atoms with Crippen LogP contribution in [-0.4, -0.2) is 89.2 Å². The minimum absolute atomic E-state index is 0.296. The molecule has 6 N–H and O–H groups in total. The number of hydrogen-bond acceptors (Lipinski definition) is 10. The Morgan fingerprint density at radius 1 is 1.05 bits per heavy atom. The molecule has 12 nitrogen and oxygen atoms in total. The summed E-state index contributed by atoms with van der Waals surface area (Å²) in [6.45, 7) is 5.86. The van der Waals surface area contributed by atoms with Gasteiger partial charge in [0.2, 0.25) is 11.9 Å². The molecule has 3 aliphatic rings. The van der Waals surface area contributed by atoms with Gasteiger partial charge < -0.3 is 41.1 Å². The molecule has 1 amide bonds. The quantitative estimate of drug-likeness (QED) is 0.249. The van der Waals surface area contributed by atoms with Gasteiger partial charge in [0.25, 0.3) is 0 Å². The summed E-state index contributed by atoms with van der Waals surface area (Å²) in [5.41, 5.74) is 7.69. The SMILES string of the molecule is N=C/C(=C\NC1CCOCC1)Nc1nc(N[C@H]2CC[C@H](N3CCOCC3)CC2)c2c(ccn2CCCC(N)=O)n1. The highest BCUT2D eigenvalue weighted by atomic mass is 16.5. The zero-order chi connectivity index (χ0) is 27.7. The second-order valence-electron chi connectivity index (χ2n) is 10.9. The molecule has 2 saturated heterocycles. The maximum absolute atomic E-state index is 11.3. The maximum atomic E-state index is 11.3. The van der Waals surface area contributed by atoms with Gasteiger partial charge in [-0.25, -0.2) is 4.98 Å². The molecule has 0 aromatic carbocycles. The van der Waals surface area contributed by atoms with Crippen LogP contribution in [-0.2, 0) is 20.8 Å². The third-order valence-electron chi connectivity index (χ3n) is 8.14. The molecule has 0 unspecified atom stereocenters. The van der Waals surface area contributed by atoms with Crippen molar-refractivity contribution in [2.75, 3.05) is 50.2 Å². The van der Waals surface area contributed by atoms with Crippen molar-refractivity contribution in [3.63, 3.8) is 0 Å². The Kier molecular flexibility index (Phi) is 9.85. The molecular weight excluding hydrogens is 510 g/mol. The van der Waals surface area contributed by atoms with Crippen molar-refractivity contribution in [2.24, 2.45) is 5.73 Å². The Morgan fingerprint density at radius 2 is 1.80 bits per heavy atom. The predicted molar refractivity (Wildman–Crippen MR) is 155 cm³/mol. The minimum atomic E-state index is -0.296. The molecule has 40 heavy (non-hydrogen) atoms. The first kappa shape index (κ1) is 28.3. The number of carbonyl (C=O) groups is 1. The molecule has 5 rings (SSSR count). The minimum Gasteiger partial charge on any atom is -0.386 e. The molecule has 12 heteroatoms. The lowest BCUT2D eigenvalue weighted by Gasteiger charge is -2.39. The average molecular weight is 554 g/mol. The highest BCUT2D eigenvalue weighted by molar-refractivity contribution is 5.89. The largest absolute Gasteiger partial charge is 0.386 e. The van der Waals surface area contributed by atoms with Gasteiger partial charge in [-0.15, -0.1) is 0 Å². The van der Waals surface area contributed by atoms with Gasteiger partial charge in [0, 0.05) is 76.0 Å². The number of rotatable bonds is 12. The molecule has 0 radical (unpaired) electrons. The van der Waals surface area contributed by atoms with E-state index in [1.54, 1.807) is 0 Å². The topological polar surface area (TPSA) is 155 Å². The zero-order valence-electron chi connectivity index (χ0n) is 23.2. The number of carbonyl (C=O) groups excluding carboxylic acids is 1. The summed E-state index contributed by atoms with van der Waals surface area (Å²) in [6.07, 6.45) is 12.4. The van der Waals surface area contributed by atoms with Crippen LogP contribution in [0, 0.1) is 5.41 Å². The summed E-state index contributed by atoms with van der Waals surface area (Å²) in [6, 6.07) is 3.23. The van der Waals surface area contributed by atoms with Gasteiger partial charge >= 0.3 is 0 Å². The Bertz CT molecular complexity index is 1160. The van der Waals surface area contributed by atoms with Gasteiger partial charge in [-0.3, -0.25) is 9.69 Å². The predicted octanol–water partition coefficient (Wildman–Crippen LogP) is 2.42. The number of morpholine rings is 1. The van der Waals surface area contributed by atoms with Crippen LogP contribution in [0.5, 0.6) is 0 Å². The molecule has 0 bridgehead atoms. The summed E-state index contributed by atoms with van der Waals surface area (Å²) < 4.78 is 13.1. The molecule has 2 aliphatic heterocycles.